The first kappa shape index (κ1) is 22.4. The normalized spacial score (nSPS) is 21.7. The molecule has 1 aliphatic carbocycles. The Kier molecular flexibility index (Phi) is 6.12. The van der Waals surface area contributed by atoms with Gasteiger partial charge in [-0.25, -0.2) is 19.5 Å². The van der Waals surface area contributed by atoms with E-state index in [-0.39, 0.29) is 0 Å². The van der Waals surface area contributed by atoms with Crippen molar-refractivity contribution in [3.63, 3.8) is 0 Å². The number of aryl methyl sites for hydroxylation is 1. The summed E-state index contributed by atoms with van der Waals surface area (Å²) in [6.07, 6.45) is 12.5. The molecule has 2 aliphatic rings. The third kappa shape index (κ3) is 4.38. The molecule has 9 nitrogen and oxygen atoms in total. The Bertz CT molecular complexity index is 1320. The summed E-state index contributed by atoms with van der Waals surface area (Å²) in [6.45, 7) is 6.51. The Balaban J connectivity index is 1.25. The van der Waals surface area contributed by atoms with Crippen LogP contribution >= 0.6 is 0 Å². The molecule has 2 fully saturated rings. The van der Waals surface area contributed by atoms with Crippen LogP contribution in [0.3, 0.4) is 0 Å². The van der Waals surface area contributed by atoms with Crippen LogP contribution in [0.25, 0.3) is 27.8 Å². The first-order chi connectivity index (χ1) is 17.2. The van der Waals surface area contributed by atoms with Gasteiger partial charge in [0.25, 0.3) is 0 Å². The number of nitrogens with one attached hydrogen (secondary N) is 1. The fraction of sp³-hybridized carbons (Fsp3) is 0.538. The van der Waals surface area contributed by atoms with E-state index in [4.69, 9.17) is 24.5 Å². The van der Waals surface area contributed by atoms with Gasteiger partial charge in [0, 0.05) is 55.4 Å². The van der Waals surface area contributed by atoms with Crippen LogP contribution in [0, 0.1) is 6.92 Å². The van der Waals surface area contributed by atoms with E-state index in [0.29, 0.717) is 24.1 Å². The van der Waals surface area contributed by atoms with Crippen molar-refractivity contribution in [2.75, 3.05) is 25.1 Å². The van der Waals surface area contributed by atoms with Gasteiger partial charge in [0.15, 0.2) is 5.65 Å². The molecular formula is C26H33N7O2. The molecule has 1 aliphatic heterocycles. The molecule has 1 saturated carbocycles. The maximum Gasteiger partial charge on any atom is 0.241 e. The van der Waals surface area contributed by atoms with Gasteiger partial charge in [-0.15, -0.1) is 5.10 Å². The van der Waals surface area contributed by atoms with Crippen LogP contribution in [0.2, 0.25) is 0 Å². The molecule has 4 aromatic rings. The highest BCUT2D eigenvalue weighted by molar-refractivity contribution is 5.85. The van der Waals surface area contributed by atoms with Crippen molar-refractivity contribution in [3.05, 3.63) is 36.5 Å². The van der Waals surface area contributed by atoms with Gasteiger partial charge in [0.05, 0.1) is 23.3 Å². The summed E-state index contributed by atoms with van der Waals surface area (Å²) in [4.78, 5) is 14.1. The molecule has 0 atom stereocenters. The standard InChI is InChI=1S/C26H33N7O2/c1-3-35-21-6-4-19(5-7-21)30-26-28-16-24-22(8-11-32(24)31-26)18-14-23-25(27-15-18)29-17(2)33(23)20-9-12-34-13-10-20/h8,11,14-16,19-21H,3-7,9-10,12-13H2,1-2H3,(H,30,31). The lowest BCUT2D eigenvalue weighted by atomic mass is 9.93. The number of ether oxygens (including phenoxy) is 2. The lowest BCUT2D eigenvalue weighted by Crippen LogP contribution is -2.30. The summed E-state index contributed by atoms with van der Waals surface area (Å²) in [5.41, 5.74) is 4.95. The summed E-state index contributed by atoms with van der Waals surface area (Å²) in [7, 11) is 0. The molecule has 184 valence electrons. The number of aromatic nitrogens is 6. The van der Waals surface area contributed by atoms with Gasteiger partial charge in [0.2, 0.25) is 5.95 Å². The Morgan fingerprint density at radius 1 is 1.06 bits per heavy atom. The first-order valence-corrected chi connectivity index (χ1v) is 12.8. The smallest absolute Gasteiger partial charge is 0.241 e. The molecule has 0 unspecified atom stereocenters. The second-order valence-corrected chi connectivity index (χ2v) is 9.65. The quantitative estimate of drug-likeness (QED) is 0.437. The highest BCUT2D eigenvalue weighted by Crippen LogP contribution is 2.31. The second kappa shape index (κ2) is 9.54. The molecule has 1 N–H and O–H groups in total. The molecule has 6 rings (SSSR count). The van der Waals surface area contributed by atoms with Gasteiger partial charge in [-0.2, -0.15) is 0 Å². The number of fused-ring (bicyclic) bond motifs is 2. The monoisotopic (exact) mass is 475 g/mol. The van der Waals surface area contributed by atoms with Gasteiger partial charge in [0.1, 0.15) is 5.82 Å². The van der Waals surface area contributed by atoms with Crippen molar-refractivity contribution in [2.45, 2.75) is 70.6 Å². The van der Waals surface area contributed by atoms with Gasteiger partial charge < -0.3 is 19.4 Å². The maximum absolute atomic E-state index is 5.77. The number of imidazole rings is 1. The Hall–Kier alpha value is -3.04. The Morgan fingerprint density at radius 2 is 1.89 bits per heavy atom. The van der Waals surface area contributed by atoms with Gasteiger partial charge in [-0.3, -0.25) is 0 Å². The van der Waals surface area contributed by atoms with E-state index in [0.717, 1.165) is 92.0 Å². The zero-order valence-electron chi connectivity index (χ0n) is 20.5. The van der Waals surface area contributed by atoms with E-state index in [1.54, 1.807) is 0 Å². The molecular weight excluding hydrogens is 442 g/mol. The van der Waals surface area contributed by atoms with Gasteiger partial charge in [-0.1, -0.05) is 0 Å². The topological polar surface area (TPSA) is 91.4 Å². The molecule has 0 bridgehead atoms. The van der Waals surface area contributed by atoms with Crippen LogP contribution in [-0.2, 0) is 9.47 Å². The SMILES string of the molecule is CCOC1CCC(Nc2ncc3c(-c4cnc5nc(C)n(C6CCOCC6)c5c4)ccn3n2)CC1. The Morgan fingerprint density at radius 3 is 2.69 bits per heavy atom. The van der Waals surface area contributed by atoms with E-state index in [2.05, 4.69) is 40.8 Å². The number of pyridine rings is 1. The lowest BCUT2D eigenvalue weighted by Gasteiger charge is -2.28. The highest BCUT2D eigenvalue weighted by atomic mass is 16.5. The molecule has 1 saturated heterocycles. The Labute approximate surface area is 204 Å². The van der Waals surface area contributed by atoms with Crippen LogP contribution in [0.4, 0.5) is 5.95 Å². The van der Waals surface area contributed by atoms with Crippen LogP contribution in [0.5, 0.6) is 0 Å². The van der Waals surface area contributed by atoms with Crippen molar-refractivity contribution in [1.82, 2.24) is 29.1 Å². The van der Waals surface area contributed by atoms with E-state index in [1.165, 1.54) is 0 Å². The molecule has 0 amide bonds. The van der Waals surface area contributed by atoms with Crippen molar-refractivity contribution in [2.24, 2.45) is 0 Å². The third-order valence-corrected chi connectivity index (χ3v) is 7.42. The average molecular weight is 476 g/mol. The number of hydrogen-bond acceptors (Lipinski definition) is 7. The van der Waals surface area contributed by atoms with Crippen molar-refractivity contribution in [1.29, 1.82) is 0 Å². The average Bonchev–Trinajstić information content (AvgIpc) is 3.45. The molecule has 4 aromatic heterocycles. The third-order valence-electron chi connectivity index (χ3n) is 7.42. The summed E-state index contributed by atoms with van der Waals surface area (Å²) in [6, 6.07) is 5.08. The largest absolute Gasteiger partial charge is 0.381 e. The van der Waals surface area contributed by atoms with E-state index >= 15 is 0 Å². The second-order valence-electron chi connectivity index (χ2n) is 9.65. The minimum Gasteiger partial charge on any atom is -0.381 e. The van der Waals surface area contributed by atoms with Crippen LogP contribution in [0.1, 0.15) is 57.3 Å². The van der Waals surface area contributed by atoms with E-state index in [9.17, 15) is 0 Å². The number of nitrogens with zero attached hydrogens (tertiary/aromatic N) is 6. The highest BCUT2D eigenvalue weighted by Gasteiger charge is 2.23. The van der Waals surface area contributed by atoms with Crippen molar-refractivity contribution >= 4 is 22.6 Å². The first-order valence-electron chi connectivity index (χ1n) is 12.8. The van der Waals surface area contributed by atoms with Gasteiger partial charge >= 0.3 is 0 Å². The maximum atomic E-state index is 5.77. The predicted molar refractivity (Wildman–Crippen MR) is 135 cm³/mol. The lowest BCUT2D eigenvalue weighted by molar-refractivity contribution is 0.0346. The van der Waals surface area contributed by atoms with Gasteiger partial charge in [-0.05, 0) is 64.5 Å². The molecule has 5 heterocycles. The summed E-state index contributed by atoms with van der Waals surface area (Å²) >= 11 is 0. The molecule has 35 heavy (non-hydrogen) atoms. The molecule has 0 radical (unpaired) electrons. The zero-order valence-corrected chi connectivity index (χ0v) is 20.5. The van der Waals surface area contributed by atoms with Crippen LogP contribution < -0.4 is 5.32 Å². The molecule has 9 heteroatoms. The van der Waals surface area contributed by atoms with Crippen LogP contribution in [0.15, 0.2) is 30.7 Å². The van der Waals surface area contributed by atoms with E-state index < -0.39 is 0 Å². The number of anilines is 1. The fourth-order valence-electron chi connectivity index (χ4n) is 5.64. The predicted octanol–water partition coefficient (Wildman–Crippen LogP) is 4.56. The summed E-state index contributed by atoms with van der Waals surface area (Å²) in [5.74, 6) is 1.67. The minimum absolute atomic E-state index is 0.388. The zero-order chi connectivity index (χ0) is 23.8. The fourth-order valence-corrected chi connectivity index (χ4v) is 5.64. The summed E-state index contributed by atoms with van der Waals surface area (Å²) in [5, 5.41) is 8.26. The number of hydrogen-bond donors (Lipinski definition) is 1. The minimum atomic E-state index is 0.388. The summed E-state index contributed by atoms with van der Waals surface area (Å²) < 4.78 is 15.6. The number of rotatable bonds is 6. The van der Waals surface area contributed by atoms with Crippen molar-refractivity contribution < 1.29 is 9.47 Å². The van der Waals surface area contributed by atoms with E-state index in [1.807, 2.05) is 23.1 Å². The van der Waals surface area contributed by atoms with Crippen LogP contribution in [-0.4, -0.2) is 61.1 Å². The van der Waals surface area contributed by atoms with Crippen molar-refractivity contribution in [3.8, 4) is 11.1 Å². The molecule has 0 aromatic carbocycles. The molecule has 0 spiro atoms.